The van der Waals surface area contributed by atoms with Crippen LogP contribution in [0.3, 0.4) is 0 Å². The zero-order valence-corrected chi connectivity index (χ0v) is 10.9. The molecule has 102 valence electrons. The highest BCUT2D eigenvalue weighted by atomic mass is 16.5. The predicted octanol–water partition coefficient (Wildman–Crippen LogP) is 2.16. The first-order valence-electron chi connectivity index (χ1n) is 5.96. The van der Waals surface area contributed by atoms with Crippen molar-refractivity contribution in [2.75, 3.05) is 7.11 Å². The van der Waals surface area contributed by atoms with E-state index in [2.05, 4.69) is 10.5 Å². The van der Waals surface area contributed by atoms with Crippen molar-refractivity contribution in [1.82, 2.24) is 5.43 Å². The minimum atomic E-state index is -0.351. The first-order chi connectivity index (χ1) is 9.70. The van der Waals surface area contributed by atoms with Gasteiger partial charge in [0.25, 0.3) is 5.91 Å². The Hall–Kier alpha value is -2.82. The average molecular weight is 270 g/mol. The summed E-state index contributed by atoms with van der Waals surface area (Å²) in [6.45, 7) is 0. The van der Waals surface area contributed by atoms with Gasteiger partial charge < -0.3 is 9.84 Å². The molecule has 0 fully saturated rings. The summed E-state index contributed by atoms with van der Waals surface area (Å²) in [5.74, 6) is 0.352. The molecule has 0 saturated carbocycles. The van der Waals surface area contributed by atoms with Crippen LogP contribution in [-0.4, -0.2) is 24.3 Å². The molecule has 0 radical (unpaired) electrons. The highest BCUT2D eigenvalue weighted by Gasteiger charge is 2.05. The molecular formula is C15H14N2O3. The molecule has 2 aromatic rings. The molecule has 5 nitrogen and oxygen atoms in total. The zero-order valence-electron chi connectivity index (χ0n) is 10.9. The third kappa shape index (κ3) is 3.35. The average Bonchev–Trinajstić information content (AvgIpc) is 2.49. The van der Waals surface area contributed by atoms with E-state index in [9.17, 15) is 9.90 Å². The van der Waals surface area contributed by atoms with Crippen molar-refractivity contribution >= 4 is 12.1 Å². The Labute approximate surface area is 116 Å². The van der Waals surface area contributed by atoms with E-state index in [1.54, 1.807) is 48.5 Å². The minimum Gasteiger partial charge on any atom is -0.507 e. The second-order valence-electron chi connectivity index (χ2n) is 3.99. The van der Waals surface area contributed by atoms with Gasteiger partial charge in [0.15, 0.2) is 0 Å². The van der Waals surface area contributed by atoms with Gasteiger partial charge in [0, 0.05) is 11.1 Å². The van der Waals surface area contributed by atoms with E-state index in [4.69, 9.17) is 4.74 Å². The summed E-state index contributed by atoms with van der Waals surface area (Å²) in [6.07, 6.45) is 1.38. The van der Waals surface area contributed by atoms with Crippen LogP contribution in [0.25, 0.3) is 0 Å². The number of hydrogen-bond acceptors (Lipinski definition) is 4. The van der Waals surface area contributed by atoms with Crippen molar-refractivity contribution in [2.24, 2.45) is 5.10 Å². The van der Waals surface area contributed by atoms with Crippen LogP contribution in [0.4, 0.5) is 0 Å². The number of hydrazone groups is 1. The molecule has 5 heteroatoms. The Bertz CT molecular complexity index is 639. The van der Waals surface area contributed by atoms with Crippen molar-refractivity contribution < 1.29 is 14.6 Å². The first kappa shape index (κ1) is 13.6. The molecule has 0 spiro atoms. The van der Waals surface area contributed by atoms with Crippen LogP contribution in [0, 0.1) is 0 Å². The Kier molecular flexibility index (Phi) is 4.34. The largest absolute Gasteiger partial charge is 0.507 e. The third-order valence-corrected chi connectivity index (χ3v) is 2.64. The molecule has 0 aromatic heterocycles. The maximum atomic E-state index is 11.8. The van der Waals surface area contributed by atoms with Gasteiger partial charge in [0.1, 0.15) is 11.5 Å². The van der Waals surface area contributed by atoms with Crippen LogP contribution in [0.15, 0.2) is 53.6 Å². The number of ether oxygens (including phenoxy) is 1. The molecule has 0 saturated heterocycles. The Morgan fingerprint density at radius 2 is 2.05 bits per heavy atom. The fourth-order valence-corrected chi connectivity index (χ4v) is 1.59. The molecule has 2 N–H and O–H groups in total. The highest BCUT2D eigenvalue weighted by molar-refractivity contribution is 5.95. The van der Waals surface area contributed by atoms with Gasteiger partial charge >= 0.3 is 0 Å². The summed E-state index contributed by atoms with van der Waals surface area (Å²) in [7, 11) is 1.54. The number of carbonyl (C=O) groups is 1. The number of para-hydroxylation sites is 1. The molecule has 0 atom stereocenters. The van der Waals surface area contributed by atoms with E-state index in [1.165, 1.54) is 13.3 Å². The lowest BCUT2D eigenvalue weighted by molar-refractivity contribution is 0.0955. The molecule has 0 unspecified atom stereocenters. The Morgan fingerprint density at radius 3 is 2.80 bits per heavy atom. The van der Waals surface area contributed by atoms with Gasteiger partial charge in [-0.1, -0.05) is 18.2 Å². The SMILES string of the molecule is COc1cccc(C(=O)NN=Cc2ccccc2O)c1. The number of amides is 1. The van der Waals surface area contributed by atoms with E-state index in [0.717, 1.165) is 0 Å². The van der Waals surface area contributed by atoms with Crippen molar-refractivity contribution in [3.63, 3.8) is 0 Å². The summed E-state index contributed by atoms with van der Waals surface area (Å²) >= 11 is 0. The van der Waals surface area contributed by atoms with Gasteiger partial charge in [0.05, 0.1) is 13.3 Å². The van der Waals surface area contributed by atoms with Crippen LogP contribution >= 0.6 is 0 Å². The van der Waals surface area contributed by atoms with Crippen molar-refractivity contribution in [3.05, 3.63) is 59.7 Å². The third-order valence-electron chi connectivity index (χ3n) is 2.64. The molecule has 2 rings (SSSR count). The minimum absolute atomic E-state index is 0.104. The number of rotatable bonds is 4. The fourth-order valence-electron chi connectivity index (χ4n) is 1.59. The Balaban J connectivity index is 2.03. The number of phenolic OH excluding ortho intramolecular Hbond substituents is 1. The van der Waals surface area contributed by atoms with Crippen LogP contribution < -0.4 is 10.2 Å². The smallest absolute Gasteiger partial charge is 0.271 e. The van der Waals surface area contributed by atoms with E-state index in [0.29, 0.717) is 16.9 Å². The van der Waals surface area contributed by atoms with Gasteiger partial charge in [-0.25, -0.2) is 5.43 Å². The van der Waals surface area contributed by atoms with Crippen LogP contribution in [0.2, 0.25) is 0 Å². The van der Waals surface area contributed by atoms with Crippen LogP contribution in [0.5, 0.6) is 11.5 Å². The molecule has 0 bridgehead atoms. The molecule has 1 amide bonds. The number of methoxy groups -OCH3 is 1. The number of carbonyl (C=O) groups excluding carboxylic acids is 1. The number of nitrogens with zero attached hydrogens (tertiary/aromatic N) is 1. The number of nitrogens with one attached hydrogen (secondary N) is 1. The monoisotopic (exact) mass is 270 g/mol. The van der Waals surface area contributed by atoms with E-state index >= 15 is 0 Å². The van der Waals surface area contributed by atoms with Crippen molar-refractivity contribution in [1.29, 1.82) is 0 Å². The van der Waals surface area contributed by atoms with E-state index in [1.807, 2.05) is 0 Å². The lowest BCUT2D eigenvalue weighted by atomic mass is 10.2. The van der Waals surface area contributed by atoms with Crippen molar-refractivity contribution in [2.45, 2.75) is 0 Å². The molecule has 20 heavy (non-hydrogen) atoms. The summed E-state index contributed by atoms with van der Waals surface area (Å²) in [5, 5.41) is 13.3. The Morgan fingerprint density at radius 1 is 1.25 bits per heavy atom. The fraction of sp³-hybridized carbons (Fsp3) is 0.0667. The maximum absolute atomic E-state index is 11.8. The molecule has 0 heterocycles. The zero-order chi connectivity index (χ0) is 14.4. The second kappa shape index (κ2) is 6.38. The van der Waals surface area contributed by atoms with E-state index < -0.39 is 0 Å². The summed E-state index contributed by atoms with van der Waals surface area (Å²) < 4.78 is 5.04. The van der Waals surface area contributed by atoms with Gasteiger partial charge in [-0.15, -0.1) is 0 Å². The summed E-state index contributed by atoms with van der Waals surface area (Å²) in [4.78, 5) is 11.8. The first-order valence-corrected chi connectivity index (χ1v) is 5.96. The normalized spacial score (nSPS) is 10.4. The topological polar surface area (TPSA) is 70.9 Å². The second-order valence-corrected chi connectivity index (χ2v) is 3.99. The quantitative estimate of drug-likeness (QED) is 0.660. The predicted molar refractivity (Wildman–Crippen MR) is 76.2 cm³/mol. The van der Waals surface area contributed by atoms with Gasteiger partial charge in [0.2, 0.25) is 0 Å². The molecule has 0 aliphatic heterocycles. The van der Waals surface area contributed by atoms with Gasteiger partial charge in [-0.05, 0) is 30.3 Å². The summed E-state index contributed by atoms with van der Waals surface area (Å²) in [5.41, 5.74) is 3.36. The van der Waals surface area contributed by atoms with Crippen LogP contribution in [-0.2, 0) is 0 Å². The van der Waals surface area contributed by atoms with Crippen LogP contribution in [0.1, 0.15) is 15.9 Å². The molecule has 2 aromatic carbocycles. The highest BCUT2D eigenvalue weighted by Crippen LogP contribution is 2.13. The maximum Gasteiger partial charge on any atom is 0.271 e. The van der Waals surface area contributed by atoms with Gasteiger partial charge in [-0.2, -0.15) is 5.10 Å². The lowest BCUT2D eigenvalue weighted by Gasteiger charge is -2.03. The van der Waals surface area contributed by atoms with E-state index in [-0.39, 0.29) is 11.7 Å². The van der Waals surface area contributed by atoms with Gasteiger partial charge in [-0.3, -0.25) is 4.79 Å². The molecule has 0 aliphatic rings. The number of aromatic hydroxyl groups is 1. The summed E-state index contributed by atoms with van der Waals surface area (Å²) in [6, 6.07) is 13.5. The molecule has 0 aliphatic carbocycles. The van der Waals surface area contributed by atoms with Crippen molar-refractivity contribution in [3.8, 4) is 11.5 Å². The molecular weight excluding hydrogens is 256 g/mol. The number of benzene rings is 2. The standard InChI is InChI=1S/C15H14N2O3/c1-20-13-7-4-6-11(9-13)15(19)17-16-10-12-5-2-3-8-14(12)18/h2-10,18H,1H3,(H,17,19). The number of hydrogen-bond donors (Lipinski definition) is 2. The number of phenols is 1. The lowest BCUT2D eigenvalue weighted by Crippen LogP contribution is -2.17.